The predicted molar refractivity (Wildman–Crippen MR) is 133 cm³/mol. The van der Waals surface area contributed by atoms with Gasteiger partial charge in [0.15, 0.2) is 0 Å². The van der Waals surface area contributed by atoms with E-state index in [2.05, 4.69) is 19.6 Å². The lowest BCUT2D eigenvalue weighted by Crippen LogP contribution is -2.42. The molecule has 4 N–H and O–H groups in total. The molecule has 0 aromatic heterocycles. The molecular weight excluding hydrogens is 448 g/mol. The second-order valence-electron chi connectivity index (χ2n) is 10.4. The van der Waals surface area contributed by atoms with Crippen molar-refractivity contribution in [3.63, 3.8) is 0 Å². The Hall–Kier alpha value is -2.68. The van der Waals surface area contributed by atoms with Gasteiger partial charge in [0.1, 0.15) is 5.75 Å². The third-order valence-electron chi connectivity index (χ3n) is 6.51. The molecule has 0 aliphatic heterocycles. The monoisotopic (exact) mass is 484 g/mol. The fourth-order valence-electron chi connectivity index (χ4n) is 4.75. The molecule has 2 aromatic rings. The van der Waals surface area contributed by atoms with Crippen molar-refractivity contribution in [3.8, 4) is 5.75 Å². The Labute approximate surface area is 202 Å². The summed E-state index contributed by atoms with van der Waals surface area (Å²) in [6.45, 7) is 7.34. The van der Waals surface area contributed by atoms with Crippen LogP contribution in [0.2, 0.25) is 25.7 Å². The minimum absolute atomic E-state index is 0.0397. The Bertz CT molecular complexity index is 1010. The summed E-state index contributed by atoms with van der Waals surface area (Å²) in [4.78, 5) is 27.8. The number of nitrogens with one attached hydrogen (secondary N) is 1. The van der Waals surface area contributed by atoms with Crippen LogP contribution in [-0.4, -0.2) is 52.9 Å². The van der Waals surface area contributed by atoms with Gasteiger partial charge in [0.05, 0.1) is 18.1 Å². The smallest absolute Gasteiger partial charge is 0.247 e. The van der Waals surface area contributed by atoms with Gasteiger partial charge in [-0.05, 0) is 35.6 Å². The lowest BCUT2D eigenvalue weighted by molar-refractivity contribution is -0.142. The van der Waals surface area contributed by atoms with Crippen molar-refractivity contribution in [1.82, 2.24) is 10.4 Å². The van der Waals surface area contributed by atoms with Gasteiger partial charge in [0, 0.05) is 27.5 Å². The number of carbonyl (C=O) groups excluding carboxylic acids is 2. The predicted octanol–water partition coefficient (Wildman–Crippen LogP) is 3.66. The van der Waals surface area contributed by atoms with E-state index in [0.29, 0.717) is 18.5 Å². The summed E-state index contributed by atoms with van der Waals surface area (Å²) in [6, 6.07) is 15.0. The summed E-state index contributed by atoms with van der Waals surface area (Å²) in [7, 11) is -1.33. The Balaban J connectivity index is 1.85. The van der Waals surface area contributed by atoms with Gasteiger partial charge in [0.2, 0.25) is 11.8 Å². The highest BCUT2D eigenvalue weighted by molar-refractivity contribution is 6.76. The number of phenolic OH excluding ortho intramolecular Hbond substituents is 1. The van der Waals surface area contributed by atoms with E-state index < -0.39 is 32.0 Å². The summed E-state index contributed by atoms with van der Waals surface area (Å²) in [5.74, 6) is -1.75. The zero-order valence-corrected chi connectivity index (χ0v) is 21.2. The van der Waals surface area contributed by atoms with Crippen molar-refractivity contribution >= 4 is 19.9 Å². The minimum Gasteiger partial charge on any atom is -0.508 e. The standard InChI is InChI=1S/C26H36N2O5Si/c1-34(2,3)14-8-13-28(25-21-11-6-4-9-18(21)16-23(25)30)24(31)17-20(26(32)27-33)15-19-10-5-7-12-22(19)29/h4-7,9-12,20,23,25,29-30,33H,8,13-17H2,1-3H3,(H,27,32)/t20-,23+,25-/m0/s1. The van der Waals surface area contributed by atoms with E-state index >= 15 is 0 Å². The molecule has 1 aliphatic carbocycles. The molecule has 1 aliphatic rings. The van der Waals surface area contributed by atoms with Crippen molar-refractivity contribution < 1.29 is 25.0 Å². The molecule has 0 saturated carbocycles. The van der Waals surface area contributed by atoms with Crippen LogP contribution in [0, 0.1) is 5.92 Å². The van der Waals surface area contributed by atoms with Crippen molar-refractivity contribution in [2.45, 2.75) is 63.5 Å². The maximum absolute atomic E-state index is 13.6. The molecule has 0 fully saturated rings. The molecule has 2 aromatic carbocycles. The number of benzene rings is 2. The zero-order chi connectivity index (χ0) is 24.9. The van der Waals surface area contributed by atoms with Crippen LogP contribution < -0.4 is 5.48 Å². The topological polar surface area (TPSA) is 110 Å². The third-order valence-corrected chi connectivity index (χ3v) is 8.36. The lowest BCUT2D eigenvalue weighted by atomic mass is 9.93. The van der Waals surface area contributed by atoms with Crippen molar-refractivity contribution in [1.29, 1.82) is 0 Å². The lowest BCUT2D eigenvalue weighted by Gasteiger charge is -2.33. The van der Waals surface area contributed by atoms with Crippen LogP contribution in [0.1, 0.15) is 35.6 Å². The molecule has 3 rings (SSSR count). The van der Waals surface area contributed by atoms with Gasteiger partial charge < -0.3 is 15.1 Å². The summed E-state index contributed by atoms with van der Waals surface area (Å²) in [6.07, 6.45) is 0.563. The number of carbonyl (C=O) groups is 2. The van der Waals surface area contributed by atoms with Crippen LogP contribution in [0.5, 0.6) is 5.75 Å². The molecule has 0 heterocycles. The van der Waals surface area contributed by atoms with E-state index in [9.17, 15) is 25.0 Å². The van der Waals surface area contributed by atoms with E-state index in [1.807, 2.05) is 24.3 Å². The van der Waals surface area contributed by atoms with Crippen LogP contribution in [0.3, 0.4) is 0 Å². The molecular formula is C26H36N2O5Si. The van der Waals surface area contributed by atoms with Gasteiger partial charge in [-0.1, -0.05) is 68.1 Å². The van der Waals surface area contributed by atoms with Gasteiger partial charge in [-0.15, -0.1) is 0 Å². The molecule has 3 atom stereocenters. The van der Waals surface area contributed by atoms with E-state index in [0.717, 1.165) is 23.6 Å². The molecule has 8 heteroatoms. The first-order valence-electron chi connectivity index (χ1n) is 11.9. The highest BCUT2D eigenvalue weighted by Crippen LogP contribution is 2.37. The minimum atomic E-state index is -1.33. The molecule has 0 unspecified atom stereocenters. The fraction of sp³-hybridized carbons (Fsp3) is 0.462. The third kappa shape index (κ3) is 6.46. The normalized spacial score (nSPS) is 18.3. The number of hydroxylamine groups is 1. The van der Waals surface area contributed by atoms with E-state index in [4.69, 9.17) is 0 Å². The molecule has 34 heavy (non-hydrogen) atoms. The van der Waals surface area contributed by atoms with Crippen LogP contribution in [0.25, 0.3) is 0 Å². The first kappa shape index (κ1) is 25.9. The number of hydrogen-bond donors (Lipinski definition) is 4. The number of aliphatic hydroxyl groups excluding tert-OH is 1. The van der Waals surface area contributed by atoms with Gasteiger partial charge in [-0.25, -0.2) is 5.48 Å². The van der Waals surface area contributed by atoms with Gasteiger partial charge >= 0.3 is 0 Å². The average molecular weight is 485 g/mol. The number of phenols is 1. The Morgan fingerprint density at radius 1 is 1.12 bits per heavy atom. The number of fused-ring (bicyclic) bond motifs is 1. The first-order chi connectivity index (χ1) is 16.1. The molecule has 7 nitrogen and oxygen atoms in total. The molecule has 0 bridgehead atoms. The molecule has 184 valence electrons. The Morgan fingerprint density at radius 2 is 1.79 bits per heavy atom. The van der Waals surface area contributed by atoms with Gasteiger partial charge in [-0.3, -0.25) is 14.8 Å². The van der Waals surface area contributed by atoms with Crippen LogP contribution in [-0.2, 0) is 22.4 Å². The molecule has 0 saturated heterocycles. The summed E-state index contributed by atoms with van der Waals surface area (Å²) < 4.78 is 0. The highest BCUT2D eigenvalue weighted by atomic mass is 28.3. The zero-order valence-electron chi connectivity index (χ0n) is 20.2. The number of hydrogen-bond acceptors (Lipinski definition) is 5. The number of nitrogens with zero attached hydrogens (tertiary/aromatic N) is 1. The molecule has 0 spiro atoms. The SMILES string of the molecule is C[Si](C)(C)CCCN(C(=O)C[C@H](Cc1ccccc1O)C(=O)NO)[C@H]1c2ccccc2C[C@H]1O. The van der Waals surface area contributed by atoms with Crippen LogP contribution >= 0.6 is 0 Å². The van der Waals surface area contributed by atoms with Gasteiger partial charge in [0.25, 0.3) is 0 Å². The Morgan fingerprint density at radius 3 is 2.47 bits per heavy atom. The Kier molecular flexibility index (Phi) is 8.51. The number of para-hydroxylation sites is 1. The summed E-state index contributed by atoms with van der Waals surface area (Å²) >= 11 is 0. The second-order valence-corrected chi connectivity index (χ2v) is 16.0. The summed E-state index contributed by atoms with van der Waals surface area (Å²) in [5, 5.41) is 30.4. The largest absolute Gasteiger partial charge is 0.508 e. The maximum Gasteiger partial charge on any atom is 0.247 e. The van der Waals surface area contributed by atoms with Crippen LogP contribution in [0.15, 0.2) is 48.5 Å². The maximum atomic E-state index is 13.6. The van der Waals surface area contributed by atoms with Crippen molar-refractivity contribution in [3.05, 3.63) is 65.2 Å². The van der Waals surface area contributed by atoms with Crippen LogP contribution in [0.4, 0.5) is 0 Å². The molecule has 2 amide bonds. The van der Waals surface area contributed by atoms with E-state index in [-0.39, 0.29) is 24.5 Å². The van der Waals surface area contributed by atoms with E-state index in [1.54, 1.807) is 28.6 Å². The number of aliphatic hydroxyl groups is 1. The van der Waals surface area contributed by atoms with E-state index in [1.165, 1.54) is 6.07 Å². The van der Waals surface area contributed by atoms with Crippen molar-refractivity contribution in [2.75, 3.05) is 6.54 Å². The fourth-order valence-corrected chi connectivity index (χ4v) is 5.97. The second kappa shape index (κ2) is 11.2. The first-order valence-corrected chi connectivity index (χ1v) is 15.6. The number of amides is 2. The van der Waals surface area contributed by atoms with Crippen molar-refractivity contribution in [2.24, 2.45) is 5.92 Å². The molecule has 0 radical (unpaired) electrons. The highest BCUT2D eigenvalue weighted by Gasteiger charge is 2.38. The summed E-state index contributed by atoms with van der Waals surface area (Å²) in [5.41, 5.74) is 4.17. The quantitative estimate of drug-likeness (QED) is 0.234. The van der Waals surface area contributed by atoms with Gasteiger partial charge in [-0.2, -0.15) is 0 Å². The number of aromatic hydroxyl groups is 1. The number of rotatable bonds is 10. The average Bonchev–Trinajstić information content (AvgIpc) is 3.11.